The number of nitrogens with zero attached hydrogens (tertiary/aromatic N) is 2. The number of allylic oxidation sites excluding steroid dienone is 3. The highest BCUT2D eigenvalue weighted by molar-refractivity contribution is 5.89. The fraction of sp³-hybridized carbons (Fsp3) is 0.594. The molecule has 39 heavy (non-hydrogen) atoms. The molecule has 1 N–H and O–H groups in total. The Bertz CT molecular complexity index is 1090. The second kappa shape index (κ2) is 11.9. The number of hydrazine groups is 1. The van der Waals surface area contributed by atoms with Crippen LogP contribution in [-0.2, 0) is 10.2 Å². The van der Waals surface area contributed by atoms with Gasteiger partial charge in [0.1, 0.15) is 11.9 Å². The van der Waals surface area contributed by atoms with Crippen molar-refractivity contribution in [3.63, 3.8) is 0 Å². The zero-order valence-electron chi connectivity index (χ0n) is 23.9. The number of carbonyl (C=O) groups excluding carboxylic acids is 1. The molecule has 1 aromatic rings. The molecular formula is C32H46F3N3O. The molecule has 1 amide bonds. The number of hydrogen-bond acceptors (Lipinski definition) is 3. The number of nitrogens with one attached hydrogen (secondary N) is 1. The van der Waals surface area contributed by atoms with E-state index in [1.165, 1.54) is 11.6 Å². The molecule has 1 saturated carbocycles. The SMILES string of the molecule is C=C[C@H]1CCCCN1N(c1ccc(C(C)(C)C)cc1)C(C(=O)NC1CCC(F)(F)CC1)C1=CC(F)=CCC1C.[HH]. The zero-order chi connectivity index (χ0) is 28.4. The molecule has 1 aromatic carbocycles. The monoisotopic (exact) mass is 545 g/mol. The van der Waals surface area contributed by atoms with E-state index >= 15 is 0 Å². The maximum absolute atomic E-state index is 14.7. The minimum absolute atomic E-state index is 0. The van der Waals surface area contributed by atoms with Gasteiger partial charge in [0.25, 0.3) is 0 Å². The Morgan fingerprint density at radius 1 is 1.18 bits per heavy atom. The number of carbonyl (C=O) groups is 1. The molecule has 0 radical (unpaired) electrons. The molecule has 2 aliphatic carbocycles. The molecule has 3 atom stereocenters. The predicted octanol–water partition coefficient (Wildman–Crippen LogP) is 7.87. The van der Waals surface area contributed by atoms with Crippen molar-refractivity contribution in [2.45, 2.75) is 109 Å². The van der Waals surface area contributed by atoms with Crippen LogP contribution in [0.4, 0.5) is 18.9 Å². The van der Waals surface area contributed by atoms with Crippen molar-refractivity contribution in [1.29, 1.82) is 0 Å². The van der Waals surface area contributed by atoms with Crippen LogP contribution >= 0.6 is 0 Å². The van der Waals surface area contributed by atoms with Gasteiger partial charge in [-0.3, -0.25) is 9.80 Å². The molecule has 0 bridgehead atoms. The quantitative estimate of drug-likeness (QED) is 0.354. The lowest BCUT2D eigenvalue weighted by Gasteiger charge is -2.48. The van der Waals surface area contributed by atoms with Gasteiger partial charge in [0, 0.05) is 32.9 Å². The molecule has 4 nitrogen and oxygen atoms in total. The Labute approximate surface area is 233 Å². The van der Waals surface area contributed by atoms with E-state index in [-0.39, 0.29) is 62.3 Å². The van der Waals surface area contributed by atoms with E-state index in [4.69, 9.17) is 0 Å². The van der Waals surface area contributed by atoms with Gasteiger partial charge in [-0.1, -0.05) is 52.3 Å². The van der Waals surface area contributed by atoms with Crippen molar-refractivity contribution >= 4 is 11.6 Å². The average molecular weight is 546 g/mol. The standard InChI is InChI=1S/C32H44F3N3O.H2/c1-6-26-9-7-8-20-37(26)38(27-14-11-23(12-15-27)31(3,4)5)29(28-21-24(33)13-10-22(28)2)30(39)36-25-16-18-32(34,35)19-17-25;/h6,11-15,21-22,25-26,29H,1,7-10,16-20H2,2-5H3,(H,36,39);1H/t22?,26-,29?;/m0./s1. The molecule has 2 fully saturated rings. The molecule has 0 aromatic heterocycles. The first-order valence-electron chi connectivity index (χ1n) is 14.4. The summed E-state index contributed by atoms with van der Waals surface area (Å²) in [6.07, 6.45) is 8.41. The highest BCUT2D eigenvalue weighted by atomic mass is 19.3. The second-order valence-corrected chi connectivity index (χ2v) is 12.5. The molecule has 3 aliphatic rings. The molecule has 0 spiro atoms. The first-order chi connectivity index (χ1) is 18.4. The molecule has 7 heteroatoms. The third-order valence-electron chi connectivity index (χ3n) is 8.48. The fourth-order valence-corrected chi connectivity index (χ4v) is 6.01. The fourth-order valence-electron chi connectivity index (χ4n) is 6.01. The Hall–Kier alpha value is -2.54. The van der Waals surface area contributed by atoms with E-state index < -0.39 is 12.0 Å². The van der Waals surface area contributed by atoms with Gasteiger partial charge in [-0.15, -0.1) is 6.58 Å². The van der Waals surface area contributed by atoms with E-state index in [1.807, 2.05) is 30.1 Å². The summed E-state index contributed by atoms with van der Waals surface area (Å²) in [5, 5.41) is 7.33. The van der Waals surface area contributed by atoms with Gasteiger partial charge in [-0.2, -0.15) is 0 Å². The van der Waals surface area contributed by atoms with E-state index in [9.17, 15) is 18.0 Å². The largest absolute Gasteiger partial charge is 0.351 e. The van der Waals surface area contributed by atoms with Crippen molar-refractivity contribution in [2.75, 3.05) is 11.6 Å². The third kappa shape index (κ3) is 6.97. The maximum atomic E-state index is 14.7. The number of piperidine rings is 1. The summed E-state index contributed by atoms with van der Waals surface area (Å²) in [5.41, 5.74) is 2.68. The van der Waals surface area contributed by atoms with Crippen LogP contribution in [0.2, 0.25) is 0 Å². The lowest BCUT2D eigenvalue weighted by molar-refractivity contribution is -0.124. The summed E-state index contributed by atoms with van der Waals surface area (Å²) in [5.74, 6) is -3.36. The van der Waals surface area contributed by atoms with Crippen molar-refractivity contribution in [3.05, 3.63) is 66.0 Å². The Kier molecular flexibility index (Phi) is 8.99. The van der Waals surface area contributed by atoms with Crippen molar-refractivity contribution < 1.29 is 19.4 Å². The molecule has 4 rings (SSSR count). The molecule has 2 unspecified atom stereocenters. The van der Waals surface area contributed by atoms with E-state index in [1.54, 1.807) is 6.08 Å². The molecule has 1 heterocycles. The predicted molar refractivity (Wildman–Crippen MR) is 154 cm³/mol. The van der Waals surface area contributed by atoms with Gasteiger partial charge < -0.3 is 5.32 Å². The molecule has 216 valence electrons. The summed E-state index contributed by atoms with van der Waals surface area (Å²) < 4.78 is 42.4. The van der Waals surface area contributed by atoms with Gasteiger partial charge in [0.2, 0.25) is 11.8 Å². The highest BCUT2D eigenvalue weighted by Crippen LogP contribution is 2.37. The van der Waals surface area contributed by atoms with Crippen molar-refractivity contribution in [1.82, 2.24) is 10.3 Å². The molecule has 1 aliphatic heterocycles. The summed E-state index contributed by atoms with van der Waals surface area (Å²) in [7, 11) is 0. The minimum atomic E-state index is -2.68. The topological polar surface area (TPSA) is 35.6 Å². The number of benzene rings is 1. The molecular weight excluding hydrogens is 499 g/mol. The maximum Gasteiger partial charge on any atom is 0.248 e. The number of alkyl halides is 2. The van der Waals surface area contributed by atoms with Crippen molar-refractivity contribution in [3.8, 4) is 0 Å². The van der Waals surface area contributed by atoms with Crippen LogP contribution in [-0.4, -0.2) is 41.5 Å². The Morgan fingerprint density at radius 3 is 2.46 bits per heavy atom. The van der Waals surface area contributed by atoms with E-state index in [0.717, 1.165) is 31.5 Å². The average Bonchev–Trinajstić information content (AvgIpc) is 2.89. The molecule has 1 saturated heterocycles. The number of anilines is 1. The lowest BCUT2D eigenvalue weighted by Crippen LogP contribution is -2.61. The van der Waals surface area contributed by atoms with Gasteiger partial charge in [-0.25, -0.2) is 18.2 Å². The summed E-state index contributed by atoms with van der Waals surface area (Å²) in [4.78, 5) is 14.2. The first kappa shape index (κ1) is 29.4. The Balaban J connectivity index is 0.00000441. The summed E-state index contributed by atoms with van der Waals surface area (Å²) >= 11 is 0. The van der Waals surface area contributed by atoms with E-state index in [0.29, 0.717) is 12.0 Å². The second-order valence-electron chi connectivity index (χ2n) is 12.5. The number of amides is 1. The van der Waals surface area contributed by atoms with Gasteiger partial charge in [0.15, 0.2) is 0 Å². The zero-order valence-corrected chi connectivity index (χ0v) is 23.9. The van der Waals surface area contributed by atoms with Crippen LogP contribution in [0.3, 0.4) is 0 Å². The van der Waals surface area contributed by atoms with Crippen LogP contribution in [0.1, 0.15) is 86.1 Å². The van der Waals surface area contributed by atoms with Crippen LogP contribution in [0, 0.1) is 5.92 Å². The number of hydrogen-bond donors (Lipinski definition) is 1. The van der Waals surface area contributed by atoms with Crippen LogP contribution in [0.5, 0.6) is 0 Å². The van der Waals surface area contributed by atoms with Crippen LogP contribution in [0.25, 0.3) is 0 Å². The lowest BCUT2D eigenvalue weighted by atomic mass is 9.85. The highest BCUT2D eigenvalue weighted by Gasteiger charge is 2.41. The van der Waals surface area contributed by atoms with Gasteiger partial charge >= 0.3 is 0 Å². The van der Waals surface area contributed by atoms with Crippen LogP contribution in [0.15, 0.2) is 60.5 Å². The minimum Gasteiger partial charge on any atom is -0.351 e. The van der Waals surface area contributed by atoms with Gasteiger partial charge in [-0.05, 0) is 78.9 Å². The van der Waals surface area contributed by atoms with E-state index in [2.05, 4.69) is 49.8 Å². The summed E-state index contributed by atoms with van der Waals surface area (Å²) in [6.45, 7) is 13.3. The van der Waals surface area contributed by atoms with Gasteiger partial charge in [0.05, 0.1) is 5.69 Å². The smallest absolute Gasteiger partial charge is 0.248 e. The van der Waals surface area contributed by atoms with Crippen molar-refractivity contribution in [2.24, 2.45) is 5.92 Å². The van der Waals surface area contributed by atoms with Crippen LogP contribution < -0.4 is 10.3 Å². The normalized spacial score (nSPS) is 25.3. The number of rotatable bonds is 7. The third-order valence-corrected chi connectivity index (χ3v) is 8.48. The summed E-state index contributed by atoms with van der Waals surface area (Å²) in [6, 6.07) is 7.13. The Morgan fingerprint density at radius 2 is 1.85 bits per heavy atom. The number of halogens is 3. The first-order valence-corrected chi connectivity index (χ1v) is 14.4.